The Morgan fingerprint density at radius 2 is 1.71 bits per heavy atom. The second-order valence-corrected chi connectivity index (χ2v) is 8.62. The molecule has 0 bridgehead atoms. The Balaban J connectivity index is 1.91. The minimum atomic E-state index is -4.96. The van der Waals surface area contributed by atoms with Crippen LogP contribution in [0.15, 0.2) is 76.8 Å². The third-order valence-electron chi connectivity index (χ3n) is 5.41. The van der Waals surface area contributed by atoms with Gasteiger partial charge in [-0.3, -0.25) is 14.5 Å². The van der Waals surface area contributed by atoms with Gasteiger partial charge in [-0.15, -0.1) is 13.2 Å². The highest BCUT2D eigenvalue weighted by Gasteiger charge is 2.47. The van der Waals surface area contributed by atoms with Crippen LogP contribution < -0.4 is 9.64 Å². The fraction of sp³-hybridized carbons (Fsp3) is 0.120. The molecule has 1 saturated heterocycles. The van der Waals surface area contributed by atoms with Gasteiger partial charge in [-0.1, -0.05) is 40.2 Å². The number of carbonyl (C=O) groups excluding carboxylic acids is 2. The van der Waals surface area contributed by atoms with Crippen LogP contribution >= 0.6 is 15.9 Å². The van der Waals surface area contributed by atoms with Gasteiger partial charge < -0.3 is 14.9 Å². The predicted molar refractivity (Wildman–Crippen MR) is 125 cm³/mol. The SMILES string of the molecule is Cc1cc(/C(O)=C2\C(=O)C(=O)N(c3cccc(OC(F)(F)F)c3)C2c2ccc(O)cc2)ccc1Br. The van der Waals surface area contributed by atoms with Crippen molar-refractivity contribution in [1.82, 2.24) is 0 Å². The van der Waals surface area contributed by atoms with Gasteiger partial charge >= 0.3 is 6.36 Å². The molecular weight excluding hydrogens is 531 g/mol. The molecule has 35 heavy (non-hydrogen) atoms. The number of ketones is 1. The second-order valence-electron chi connectivity index (χ2n) is 7.77. The highest BCUT2D eigenvalue weighted by atomic mass is 79.9. The summed E-state index contributed by atoms with van der Waals surface area (Å²) in [6.07, 6.45) is -4.96. The number of phenols is 1. The molecule has 1 atom stereocenters. The van der Waals surface area contributed by atoms with Gasteiger partial charge in [0, 0.05) is 21.8 Å². The number of aromatic hydroxyl groups is 1. The van der Waals surface area contributed by atoms with E-state index in [0.717, 1.165) is 27.1 Å². The molecule has 4 rings (SSSR count). The number of Topliss-reactive ketones (excluding diaryl/α,β-unsaturated/α-hetero) is 1. The summed E-state index contributed by atoms with van der Waals surface area (Å²) in [5.41, 5.74) is 1.10. The molecule has 1 amide bonds. The average Bonchev–Trinajstić information content (AvgIpc) is 3.05. The number of carbonyl (C=O) groups is 2. The maximum Gasteiger partial charge on any atom is 0.573 e. The number of hydrogen-bond donors (Lipinski definition) is 2. The van der Waals surface area contributed by atoms with Crippen LogP contribution in [0.2, 0.25) is 0 Å². The maximum atomic E-state index is 13.1. The van der Waals surface area contributed by atoms with E-state index in [4.69, 9.17) is 0 Å². The van der Waals surface area contributed by atoms with Gasteiger partial charge in [0.15, 0.2) is 0 Å². The van der Waals surface area contributed by atoms with Gasteiger partial charge in [-0.25, -0.2) is 0 Å². The van der Waals surface area contributed by atoms with Crippen LogP contribution in [0.1, 0.15) is 22.7 Å². The summed E-state index contributed by atoms with van der Waals surface area (Å²) in [5.74, 6) is -3.15. The third kappa shape index (κ3) is 4.88. The van der Waals surface area contributed by atoms with Crippen LogP contribution in [0.5, 0.6) is 11.5 Å². The highest BCUT2D eigenvalue weighted by Crippen LogP contribution is 2.43. The first-order chi connectivity index (χ1) is 16.5. The van der Waals surface area contributed by atoms with Crippen molar-refractivity contribution in [3.8, 4) is 11.5 Å². The number of phenolic OH excluding ortho intramolecular Hbond substituents is 1. The van der Waals surface area contributed by atoms with Crippen LogP contribution in [0.4, 0.5) is 18.9 Å². The molecule has 0 saturated carbocycles. The van der Waals surface area contributed by atoms with E-state index in [-0.39, 0.29) is 22.6 Å². The van der Waals surface area contributed by atoms with E-state index in [1.165, 1.54) is 36.4 Å². The number of nitrogens with zero attached hydrogens (tertiary/aromatic N) is 1. The Hall–Kier alpha value is -3.79. The minimum Gasteiger partial charge on any atom is -0.508 e. The summed E-state index contributed by atoms with van der Waals surface area (Å²) < 4.78 is 43.0. The van der Waals surface area contributed by atoms with Crippen LogP contribution in [-0.4, -0.2) is 28.3 Å². The van der Waals surface area contributed by atoms with Crippen molar-refractivity contribution in [2.24, 2.45) is 0 Å². The monoisotopic (exact) mass is 547 g/mol. The molecular formula is C25H17BrF3NO5. The standard InChI is InChI=1S/C25H17BrF3NO5/c1-13-11-15(7-10-19(13)26)22(32)20-21(14-5-8-17(31)9-6-14)30(24(34)23(20)33)16-3-2-4-18(12-16)35-25(27,28)29/h2-12,21,31-32H,1H3/b22-20+. The van der Waals surface area contributed by atoms with Gasteiger partial charge in [0.05, 0.1) is 11.6 Å². The van der Waals surface area contributed by atoms with Crippen LogP contribution in [0, 0.1) is 6.92 Å². The summed E-state index contributed by atoms with van der Waals surface area (Å²) in [5, 5.41) is 20.8. The Morgan fingerprint density at radius 3 is 2.34 bits per heavy atom. The first kappa shape index (κ1) is 24.3. The lowest BCUT2D eigenvalue weighted by atomic mass is 9.94. The molecule has 2 N–H and O–H groups in total. The number of halogens is 4. The zero-order valence-electron chi connectivity index (χ0n) is 18.0. The third-order valence-corrected chi connectivity index (χ3v) is 6.30. The van der Waals surface area contributed by atoms with Crippen molar-refractivity contribution in [2.75, 3.05) is 4.90 Å². The normalized spacial score (nSPS) is 17.6. The summed E-state index contributed by atoms with van der Waals surface area (Å²) in [4.78, 5) is 27.3. The van der Waals surface area contributed by atoms with E-state index in [2.05, 4.69) is 20.7 Å². The lowest BCUT2D eigenvalue weighted by Gasteiger charge is -2.26. The number of hydrogen-bond acceptors (Lipinski definition) is 5. The Labute approximate surface area is 206 Å². The molecule has 6 nitrogen and oxygen atoms in total. The van der Waals surface area contributed by atoms with Crippen molar-refractivity contribution >= 4 is 39.1 Å². The quantitative estimate of drug-likeness (QED) is 0.238. The van der Waals surface area contributed by atoms with Crippen LogP contribution in [0.25, 0.3) is 5.76 Å². The number of benzene rings is 3. The van der Waals surface area contributed by atoms with Gasteiger partial charge in [0.1, 0.15) is 17.3 Å². The summed E-state index contributed by atoms with van der Waals surface area (Å²) in [7, 11) is 0. The fourth-order valence-electron chi connectivity index (χ4n) is 3.85. The van der Waals surface area contributed by atoms with Gasteiger partial charge in [-0.2, -0.15) is 0 Å². The van der Waals surface area contributed by atoms with Crippen LogP contribution in [-0.2, 0) is 9.59 Å². The fourth-order valence-corrected chi connectivity index (χ4v) is 4.10. The van der Waals surface area contributed by atoms with Crippen molar-refractivity contribution in [1.29, 1.82) is 0 Å². The zero-order chi connectivity index (χ0) is 25.5. The lowest BCUT2D eigenvalue weighted by molar-refractivity contribution is -0.274. The molecule has 1 aliphatic rings. The smallest absolute Gasteiger partial charge is 0.508 e. The van der Waals surface area contributed by atoms with Gasteiger partial charge in [0.2, 0.25) is 0 Å². The number of ether oxygens (including phenoxy) is 1. The van der Waals surface area contributed by atoms with Crippen molar-refractivity contribution in [3.63, 3.8) is 0 Å². The van der Waals surface area contributed by atoms with E-state index >= 15 is 0 Å². The van der Waals surface area contributed by atoms with E-state index in [1.54, 1.807) is 25.1 Å². The number of aryl methyl sites for hydroxylation is 1. The molecule has 1 heterocycles. The number of aliphatic hydroxyl groups is 1. The molecule has 3 aromatic carbocycles. The predicted octanol–water partition coefficient (Wildman–Crippen LogP) is 5.99. The summed E-state index contributed by atoms with van der Waals surface area (Å²) in [6, 6.07) is 13.9. The Bertz CT molecular complexity index is 1350. The summed E-state index contributed by atoms with van der Waals surface area (Å²) in [6.45, 7) is 1.78. The molecule has 0 aromatic heterocycles. The molecule has 0 aliphatic carbocycles. The average molecular weight is 548 g/mol. The maximum absolute atomic E-state index is 13.1. The second kappa shape index (κ2) is 9.10. The number of alkyl halides is 3. The van der Waals surface area contributed by atoms with E-state index in [9.17, 15) is 33.0 Å². The molecule has 0 spiro atoms. The first-order valence-electron chi connectivity index (χ1n) is 10.2. The van der Waals surface area contributed by atoms with E-state index < -0.39 is 35.6 Å². The van der Waals surface area contributed by atoms with Crippen molar-refractivity contribution < 1.29 is 37.7 Å². The largest absolute Gasteiger partial charge is 0.573 e. The molecule has 1 unspecified atom stereocenters. The number of anilines is 1. The van der Waals surface area contributed by atoms with Crippen molar-refractivity contribution in [3.05, 3.63) is 93.5 Å². The Morgan fingerprint density at radius 1 is 1.03 bits per heavy atom. The summed E-state index contributed by atoms with van der Waals surface area (Å²) >= 11 is 3.36. The highest BCUT2D eigenvalue weighted by molar-refractivity contribution is 9.10. The van der Waals surface area contributed by atoms with Gasteiger partial charge in [0.25, 0.3) is 11.7 Å². The van der Waals surface area contributed by atoms with Crippen LogP contribution in [0.3, 0.4) is 0 Å². The van der Waals surface area contributed by atoms with E-state index in [1.807, 2.05) is 0 Å². The van der Waals surface area contributed by atoms with Gasteiger partial charge in [-0.05, 0) is 54.4 Å². The number of amides is 1. The van der Waals surface area contributed by atoms with Crippen molar-refractivity contribution in [2.45, 2.75) is 19.3 Å². The molecule has 3 aromatic rings. The molecule has 180 valence electrons. The van der Waals surface area contributed by atoms with E-state index in [0.29, 0.717) is 5.56 Å². The first-order valence-corrected chi connectivity index (χ1v) is 11.0. The minimum absolute atomic E-state index is 0.0436. The molecule has 10 heteroatoms. The number of aliphatic hydroxyl groups excluding tert-OH is 1. The lowest BCUT2D eigenvalue weighted by Crippen LogP contribution is -2.29. The molecule has 1 fully saturated rings. The molecule has 0 radical (unpaired) electrons. The topological polar surface area (TPSA) is 87.1 Å². The molecule has 1 aliphatic heterocycles. The zero-order valence-corrected chi connectivity index (χ0v) is 19.6. The number of rotatable bonds is 4. The Kier molecular flexibility index (Phi) is 6.33.